The average molecular weight is 250 g/mol. The Morgan fingerprint density at radius 1 is 1.24 bits per heavy atom. The van der Waals surface area contributed by atoms with Gasteiger partial charge in [-0.25, -0.2) is 0 Å². The first-order valence-electron chi connectivity index (χ1n) is 6.36. The number of rotatable bonds is 8. The smallest absolute Gasteiger partial charge is 0.0612 e. The monoisotopic (exact) mass is 250 g/mol. The number of thioether (sulfide) groups is 1. The van der Waals surface area contributed by atoms with E-state index in [0.29, 0.717) is 5.25 Å². The molecule has 1 aromatic carbocycles. The van der Waals surface area contributed by atoms with Gasteiger partial charge >= 0.3 is 0 Å². The highest BCUT2D eigenvalue weighted by Crippen LogP contribution is 2.27. The van der Waals surface area contributed by atoms with Crippen LogP contribution >= 0.6 is 11.8 Å². The normalized spacial score (nSPS) is 13.1. The quantitative estimate of drug-likeness (QED) is 0.422. The van der Waals surface area contributed by atoms with Gasteiger partial charge in [0.1, 0.15) is 0 Å². The fraction of sp³-hybridized carbons (Fsp3) is 0.467. The third-order valence-electron chi connectivity index (χ3n) is 2.58. The van der Waals surface area contributed by atoms with Gasteiger partial charge in [0.05, 0.1) is 6.61 Å². The molecule has 94 valence electrons. The molecule has 0 radical (unpaired) electrons. The minimum absolute atomic E-state index is 0.139. The average Bonchev–Trinajstić information content (AvgIpc) is 2.37. The first-order chi connectivity index (χ1) is 8.36. The highest BCUT2D eigenvalue weighted by atomic mass is 32.2. The van der Waals surface area contributed by atoms with Crippen molar-refractivity contribution in [2.75, 3.05) is 6.61 Å². The van der Waals surface area contributed by atoms with Crippen LogP contribution in [0.2, 0.25) is 0 Å². The summed E-state index contributed by atoms with van der Waals surface area (Å²) in [5, 5.41) is 9.34. The number of aliphatic hydroxyl groups is 1. The highest BCUT2D eigenvalue weighted by molar-refractivity contribution is 8.00. The lowest BCUT2D eigenvalue weighted by atomic mass is 10.1. The Labute approximate surface area is 109 Å². The number of benzene rings is 1. The van der Waals surface area contributed by atoms with Crippen molar-refractivity contribution in [3.05, 3.63) is 42.5 Å². The Morgan fingerprint density at radius 3 is 2.65 bits per heavy atom. The van der Waals surface area contributed by atoms with Crippen molar-refractivity contribution < 1.29 is 5.11 Å². The van der Waals surface area contributed by atoms with Crippen molar-refractivity contribution in [3.63, 3.8) is 0 Å². The van der Waals surface area contributed by atoms with Crippen LogP contribution < -0.4 is 0 Å². The molecule has 0 spiro atoms. The van der Waals surface area contributed by atoms with Crippen molar-refractivity contribution in [2.24, 2.45) is 0 Å². The van der Waals surface area contributed by atoms with Gasteiger partial charge in [-0.15, -0.1) is 11.8 Å². The van der Waals surface area contributed by atoms with Crippen molar-refractivity contribution in [1.29, 1.82) is 0 Å². The Bertz CT molecular complexity index is 308. The summed E-state index contributed by atoms with van der Waals surface area (Å²) in [7, 11) is 0. The van der Waals surface area contributed by atoms with E-state index in [2.05, 4.69) is 37.3 Å². The van der Waals surface area contributed by atoms with Crippen molar-refractivity contribution in [1.82, 2.24) is 0 Å². The lowest BCUT2D eigenvalue weighted by Crippen LogP contribution is -1.98. The number of aliphatic hydroxyl groups excluding tert-OH is 1. The minimum Gasteiger partial charge on any atom is -0.392 e. The summed E-state index contributed by atoms with van der Waals surface area (Å²) < 4.78 is 0. The summed E-state index contributed by atoms with van der Waals surface area (Å²) in [6, 6.07) is 10.5. The van der Waals surface area contributed by atoms with E-state index in [1.807, 2.05) is 23.9 Å². The lowest BCUT2D eigenvalue weighted by molar-refractivity contribution is 0.342. The van der Waals surface area contributed by atoms with Gasteiger partial charge in [0.15, 0.2) is 0 Å². The van der Waals surface area contributed by atoms with Crippen molar-refractivity contribution >= 4 is 11.8 Å². The van der Waals surface area contributed by atoms with Gasteiger partial charge in [0.25, 0.3) is 0 Å². The van der Waals surface area contributed by atoms with Crippen LogP contribution in [-0.2, 0) is 0 Å². The predicted molar refractivity (Wildman–Crippen MR) is 76.5 cm³/mol. The molecule has 0 heterocycles. The van der Waals surface area contributed by atoms with Crippen LogP contribution in [0, 0.1) is 0 Å². The molecule has 2 heteroatoms. The Hall–Kier alpha value is -0.730. The van der Waals surface area contributed by atoms with Crippen LogP contribution in [0.5, 0.6) is 0 Å². The van der Waals surface area contributed by atoms with Gasteiger partial charge in [-0.3, -0.25) is 0 Å². The molecule has 1 aromatic rings. The maximum atomic E-state index is 8.86. The molecular formula is C15H22OS. The maximum Gasteiger partial charge on any atom is 0.0612 e. The van der Waals surface area contributed by atoms with E-state index in [1.54, 1.807) is 0 Å². The van der Waals surface area contributed by atoms with Gasteiger partial charge in [0.2, 0.25) is 0 Å². The van der Waals surface area contributed by atoms with Crippen LogP contribution in [0.25, 0.3) is 0 Å². The third-order valence-corrected chi connectivity index (χ3v) is 3.82. The molecule has 1 rings (SSSR count). The van der Waals surface area contributed by atoms with E-state index in [-0.39, 0.29) is 6.61 Å². The molecule has 0 aliphatic heterocycles. The molecule has 1 unspecified atom stereocenters. The molecule has 0 aromatic heterocycles. The van der Waals surface area contributed by atoms with E-state index < -0.39 is 0 Å². The van der Waals surface area contributed by atoms with Gasteiger partial charge < -0.3 is 5.11 Å². The van der Waals surface area contributed by atoms with E-state index in [1.165, 1.54) is 30.6 Å². The fourth-order valence-corrected chi connectivity index (χ4v) is 2.81. The summed E-state index contributed by atoms with van der Waals surface area (Å²) in [6.45, 7) is 2.36. The zero-order valence-corrected chi connectivity index (χ0v) is 11.3. The van der Waals surface area contributed by atoms with Gasteiger partial charge in [-0.05, 0) is 18.6 Å². The van der Waals surface area contributed by atoms with Crippen LogP contribution in [0.3, 0.4) is 0 Å². The van der Waals surface area contributed by atoms with Crippen LogP contribution in [0.15, 0.2) is 47.4 Å². The molecule has 0 amide bonds. The van der Waals surface area contributed by atoms with E-state index >= 15 is 0 Å². The second kappa shape index (κ2) is 9.32. The third kappa shape index (κ3) is 6.54. The van der Waals surface area contributed by atoms with Crippen molar-refractivity contribution in [2.45, 2.75) is 42.8 Å². The molecule has 1 nitrogen and oxygen atoms in total. The largest absolute Gasteiger partial charge is 0.392 e. The summed E-state index contributed by atoms with van der Waals surface area (Å²) in [6.07, 6.45) is 8.98. The van der Waals surface area contributed by atoms with Crippen molar-refractivity contribution in [3.8, 4) is 0 Å². The first kappa shape index (κ1) is 14.3. The van der Waals surface area contributed by atoms with Crippen LogP contribution in [0.4, 0.5) is 0 Å². The standard InChI is InChI=1S/C15H22OS/c1-2-3-5-9-15(12-8-13-16)17-14-10-6-4-7-11-14/h4,6-8,10-12,15-16H,2-3,5,9,13H2,1H3/b12-8+. The first-order valence-corrected chi connectivity index (χ1v) is 7.24. The zero-order valence-electron chi connectivity index (χ0n) is 10.5. The minimum atomic E-state index is 0.139. The summed E-state index contributed by atoms with van der Waals surface area (Å²) in [5.41, 5.74) is 0. The molecular weight excluding hydrogens is 228 g/mol. The van der Waals surface area contributed by atoms with Crippen LogP contribution in [0.1, 0.15) is 32.6 Å². The summed E-state index contributed by atoms with van der Waals surface area (Å²) >= 11 is 1.88. The molecule has 0 saturated carbocycles. The number of hydrogen-bond donors (Lipinski definition) is 1. The van der Waals surface area contributed by atoms with Gasteiger partial charge in [-0.1, -0.05) is 56.5 Å². The molecule has 0 aliphatic rings. The SMILES string of the molecule is CCCCCC(/C=C/CO)Sc1ccccc1. The Kier molecular flexibility index (Phi) is 7.85. The van der Waals surface area contributed by atoms with E-state index in [4.69, 9.17) is 5.11 Å². The number of unbranched alkanes of at least 4 members (excludes halogenated alkanes) is 2. The number of hydrogen-bond acceptors (Lipinski definition) is 2. The van der Waals surface area contributed by atoms with E-state index in [9.17, 15) is 0 Å². The second-order valence-electron chi connectivity index (χ2n) is 4.08. The summed E-state index contributed by atoms with van der Waals surface area (Å²) in [4.78, 5) is 1.30. The van der Waals surface area contributed by atoms with Gasteiger partial charge in [-0.2, -0.15) is 0 Å². The van der Waals surface area contributed by atoms with Gasteiger partial charge in [0, 0.05) is 10.1 Å². The highest BCUT2D eigenvalue weighted by Gasteiger charge is 2.06. The predicted octanol–water partition coefficient (Wildman–Crippen LogP) is 4.28. The molecule has 1 N–H and O–H groups in total. The molecule has 0 aliphatic carbocycles. The fourth-order valence-electron chi connectivity index (χ4n) is 1.68. The molecule has 0 saturated heterocycles. The second-order valence-corrected chi connectivity index (χ2v) is 5.39. The summed E-state index contributed by atoms with van der Waals surface area (Å²) in [5.74, 6) is 0. The van der Waals surface area contributed by atoms with Crippen LogP contribution in [-0.4, -0.2) is 17.0 Å². The Morgan fingerprint density at radius 2 is 2.00 bits per heavy atom. The van der Waals surface area contributed by atoms with E-state index in [0.717, 1.165) is 0 Å². The maximum absolute atomic E-state index is 8.86. The molecule has 17 heavy (non-hydrogen) atoms. The molecule has 1 atom stereocenters. The molecule has 0 fully saturated rings. The zero-order chi connectivity index (χ0) is 12.3. The topological polar surface area (TPSA) is 20.2 Å². The molecule has 0 bridgehead atoms. The Balaban J connectivity index is 2.48. The lowest BCUT2D eigenvalue weighted by Gasteiger charge is -2.12.